The first-order chi connectivity index (χ1) is 10.6. The second kappa shape index (κ2) is 4.85. The molecule has 6 nitrogen and oxygen atoms in total. The van der Waals surface area contributed by atoms with Gasteiger partial charge in [0.25, 0.3) is 0 Å². The third-order valence-corrected chi connectivity index (χ3v) is 4.45. The number of aromatic nitrogens is 6. The molecular formula is C13H8ClFN6S. The largest absolute Gasteiger partial charge is 0.265 e. The molecule has 22 heavy (non-hydrogen) atoms. The van der Waals surface area contributed by atoms with Crippen LogP contribution in [0.3, 0.4) is 0 Å². The second-order valence-electron chi connectivity index (χ2n) is 4.59. The van der Waals surface area contributed by atoms with Gasteiger partial charge in [-0.25, -0.2) is 4.39 Å². The Balaban J connectivity index is 1.91. The van der Waals surface area contributed by atoms with E-state index in [1.54, 1.807) is 15.4 Å². The molecule has 0 saturated carbocycles. The van der Waals surface area contributed by atoms with Crippen molar-refractivity contribution in [3.63, 3.8) is 0 Å². The number of fused-ring (bicyclic) bond motifs is 1. The lowest BCUT2D eigenvalue weighted by molar-refractivity contribution is 0.628. The number of hydrogen-bond acceptors (Lipinski definition) is 5. The van der Waals surface area contributed by atoms with E-state index < -0.39 is 5.82 Å². The van der Waals surface area contributed by atoms with Crippen molar-refractivity contribution >= 4 is 27.9 Å². The Kier molecular flexibility index (Phi) is 2.95. The lowest BCUT2D eigenvalue weighted by Gasteiger charge is -2.00. The summed E-state index contributed by atoms with van der Waals surface area (Å²) < 4.78 is 16.8. The van der Waals surface area contributed by atoms with E-state index >= 15 is 0 Å². The Morgan fingerprint density at radius 3 is 2.86 bits per heavy atom. The van der Waals surface area contributed by atoms with Crippen molar-refractivity contribution in [3.8, 4) is 22.1 Å². The normalized spacial score (nSPS) is 11.4. The van der Waals surface area contributed by atoms with Gasteiger partial charge in [-0.05, 0) is 24.3 Å². The van der Waals surface area contributed by atoms with Crippen LogP contribution in [0.5, 0.6) is 0 Å². The molecule has 0 fully saturated rings. The number of rotatable bonds is 2. The Hall–Kier alpha value is -2.32. The summed E-state index contributed by atoms with van der Waals surface area (Å²) in [5.41, 5.74) is 1.32. The monoisotopic (exact) mass is 334 g/mol. The highest BCUT2D eigenvalue weighted by molar-refractivity contribution is 7.19. The fraction of sp³-hybridized carbons (Fsp3) is 0.0769. The zero-order valence-electron chi connectivity index (χ0n) is 11.2. The van der Waals surface area contributed by atoms with Crippen molar-refractivity contribution in [1.29, 1.82) is 0 Å². The van der Waals surface area contributed by atoms with Gasteiger partial charge in [0.1, 0.15) is 5.82 Å². The smallest absolute Gasteiger partial charge is 0.235 e. The van der Waals surface area contributed by atoms with Crippen LogP contribution in [0.2, 0.25) is 5.02 Å². The van der Waals surface area contributed by atoms with Crippen LogP contribution < -0.4 is 0 Å². The van der Waals surface area contributed by atoms with Gasteiger partial charge >= 0.3 is 0 Å². The lowest BCUT2D eigenvalue weighted by atomic mass is 10.2. The summed E-state index contributed by atoms with van der Waals surface area (Å²) >= 11 is 7.51. The molecule has 0 radical (unpaired) electrons. The first kappa shape index (κ1) is 13.4. The quantitative estimate of drug-likeness (QED) is 0.565. The van der Waals surface area contributed by atoms with Crippen LogP contribution in [0.15, 0.2) is 30.5 Å². The van der Waals surface area contributed by atoms with Crippen LogP contribution in [0, 0.1) is 5.82 Å². The molecule has 4 rings (SSSR count). The van der Waals surface area contributed by atoms with Gasteiger partial charge in [-0.3, -0.25) is 4.68 Å². The molecule has 0 aliphatic carbocycles. The van der Waals surface area contributed by atoms with Crippen molar-refractivity contribution in [2.24, 2.45) is 7.05 Å². The van der Waals surface area contributed by atoms with Crippen LogP contribution in [0.25, 0.3) is 27.1 Å². The zero-order valence-corrected chi connectivity index (χ0v) is 12.8. The minimum atomic E-state index is -0.391. The molecule has 0 atom stereocenters. The summed E-state index contributed by atoms with van der Waals surface area (Å²) in [7, 11) is 1.84. The van der Waals surface area contributed by atoms with Crippen molar-refractivity contribution in [3.05, 3.63) is 41.3 Å². The van der Waals surface area contributed by atoms with Crippen molar-refractivity contribution < 1.29 is 4.39 Å². The maximum atomic E-state index is 13.5. The van der Waals surface area contributed by atoms with Crippen molar-refractivity contribution in [2.45, 2.75) is 0 Å². The molecule has 3 heterocycles. The molecule has 0 aliphatic rings. The van der Waals surface area contributed by atoms with E-state index in [-0.39, 0.29) is 0 Å². The summed E-state index contributed by atoms with van der Waals surface area (Å²) in [6.45, 7) is 0. The topological polar surface area (TPSA) is 60.9 Å². The third kappa shape index (κ3) is 1.99. The summed E-state index contributed by atoms with van der Waals surface area (Å²) in [4.78, 5) is 0.603. The Morgan fingerprint density at radius 1 is 1.23 bits per heavy atom. The van der Waals surface area contributed by atoms with Crippen LogP contribution in [0.4, 0.5) is 4.39 Å². The van der Waals surface area contributed by atoms with Gasteiger partial charge in [-0.2, -0.15) is 14.7 Å². The summed E-state index contributed by atoms with van der Waals surface area (Å²) in [5.74, 6) is 0.0161. The van der Waals surface area contributed by atoms with Gasteiger partial charge in [0.05, 0.1) is 10.7 Å². The van der Waals surface area contributed by atoms with E-state index in [2.05, 4.69) is 20.4 Å². The molecule has 0 bridgehead atoms. The molecule has 4 aromatic rings. The SMILES string of the molecule is Cn1nccc1-c1nn2c(-c3cc(F)ccc3Cl)nnc2s1. The van der Waals surface area contributed by atoms with Gasteiger partial charge < -0.3 is 0 Å². The lowest BCUT2D eigenvalue weighted by Crippen LogP contribution is -1.95. The minimum absolute atomic E-state index is 0.391. The molecule has 0 amide bonds. The highest BCUT2D eigenvalue weighted by Gasteiger charge is 2.18. The molecule has 0 aliphatic heterocycles. The number of halogens is 2. The van der Waals surface area contributed by atoms with E-state index in [4.69, 9.17) is 11.6 Å². The van der Waals surface area contributed by atoms with Crippen LogP contribution in [-0.2, 0) is 7.05 Å². The number of nitrogens with zero attached hydrogens (tertiary/aromatic N) is 6. The van der Waals surface area contributed by atoms with Crippen LogP contribution >= 0.6 is 22.9 Å². The number of aryl methyl sites for hydroxylation is 1. The Morgan fingerprint density at radius 2 is 2.09 bits per heavy atom. The molecule has 0 unspecified atom stereocenters. The highest BCUT2D eigenvalue weighted by Crippen LogP contribution is 2.31. The Bertz CT molecular complexity index is 988. The molecule has 0 N–H and O–H groups in total. The van der Waals surface area contributed by atoms with Gasteiger partial charge in [-0.15, -0.1) is 10.2 Å². The maximum Gasteiger partial charge on any atom is 0.235 e. The van der Waals surface area contributed by atoms with E-state index in [0.717, 1.165) is 10.7 Å². The molecule has 3 aromatic heterocycles. The van der Waals surface area contributed by atoms with Crippen molar-refractivity contribution in [2.75, 3.05) is 0 Å². The van der Waals surface area contributed by atoms with Gasteiger partial charge in [0, 0.05) is 18.8 Å². The predicted molar refractivity (Wildman–Crippen MR) is 81.3 cm³/mol. The van der Waals surface area contributed by atoms with Gasteiger partial charge in [-0.1, -0.05) is 22.9 Å². The first-order valence-electron chi connectivity index (χ1n) is 6.29. The van der Waals surface area contributed by atoms with Crippen LogP contribution in [-0.4, -0.2) is 29.6 Å². The average molecular weight is 335 g/mol. The van der Waals surface area contributed by atoms with Crippen LogP contribution in [0.1, 0.15) is 0 Å². The summed E-state index contributed by atoms with van der Waals surface area (Å²) in [5, 5.41) is 17.9. The van der Waals surface area contributed by atoms with E-state index in [0.29, 0.717) is 21.4 Å². The predicted octanol–water partition coefficient (Wildman–Crippen LogP) is 3.05. The van der Waals surface area contributed by atoms with E-state index in [1.807, 2.05) is 13.1 Å². The first-order valence-corrected chi connectivity index (χ1v) is 7.49. The fourth-order valence-electron chi connectivity index (χ4n) is 2.14. The fourth-order valence-corrected chi connectivity index (χ4v) is 3.24. The van der Waals surface area contributed by atoms with Gasteiger partial charge in [0.2, 0.25) is 4.96 Å². The zero-order chi connectivity index (χ0) is 15.3. The second-order valence-corrected chi connectivity index (χ2v) is 5.95. The molecule has 0 spiro atoms. The van der Waals surface area contributed by atoms with Gasteiger partial charge in [0.15, 0.2) is 10.8 Å². The molecule has 1 aromatic carbocycles. The molecule has 9 heteroatoms. The molecule has 110 valence electrons. The standard InChI is InChI=1S/C13H8ClFN6S/c1-20-10(4-5-16-20)12-19-21-11(17-18-13(21)22-12)8-6-7(15)2-3-9(8)14/h2-6H,1H3. The van der Waals surface area contributed by atoms with E-state index in [1.165, 1.54) is 29.5 Å². The summed E-state index contributed by atoms with van der Waals surface area (Å²) in [6.07, 6.45) is 1.70. The maximum absolute atomic E-state index is 13.5. The number of benzene rings is 1. The number of hydrogen-bond donors (Lipinski definition) is 0. The third-order valence-electron chi connectivity index (χ3n) is 3.20. The van der Waals surface area contributed by atoms with E-state index in [9.17, 15) is 4.39 Å². The highest BCUT2D eigenvalue weighted by atomic mass is 35.5. The van der Waals surface area contributed by atoms with Crippen molar-refractivity contribution in [1.82, 2.24) is 29.6 Å². The minimum Gasteiger partial charge on any atom is -0.265 e. The average Bonchev–Trinajstić information content (AvgIpc) is 3.16. The Labute approximate surface area is 132 Å². The summed E-state index contributed by atoms with van der Waals surface area (Å²) in [6, 6.07) is 5.97. The molecular weight excluding hydrogens is 327 g/mol. The molecule has 0 saturated heterocycles.